The molecule has 3 heterocycles. The topological polar surface area (TPSA) is 112 Å². The van der Waals surface area contributed by atoms with Crippen LogP contribution in [0.4, 0.5) is 11.5 Å². The zero-order valence-electron chi connectivity index (χ0n) is 24.0. The fourth-order valence-electron chi connectivity index (χ4n) is 5.92. The van der Waals surface area contributed by atoms with Crippen LogP contribution in [0.2, 0.25) is 0 Å². The van der Waals surface area contributed by atoms with Gasteiger partial charge in [-0.3, -0.25) is 0 Å². The normalized spacial score (nSPS) is 19.0. The van der Waals surface area contributed by atoms with E-state index >= 15 is 0 Å². The third-order valence-corrected chi connectivity index (χ3v) is 7.70. The number of aliphatic hydroxyl groups excluding tert-OH is 1. The quantitative estimate of drug-likeness (QED) is 0.318. The molecule has 1 saturated heterocycles. The van der Waals surface area contributed by atoms with Gasteiger partial charge in [0.25, 0.3) is 0 Å². The summed E-state index contributed by atoms with van der Waals surface area (Å²) in [4.78, 5) is 16.3. The molecule has 3 aromatic rings. The van der Waals surface area contributed by atoms with Crippen molar-refractivity contribution >= 4 is 28.2 Å². The van der Waals surface area contributed by atoms with Crippen LogP contribution in [0.1, 0.15) is 24.6 Å². The van der Waals surface area contributed by atoms with Gasteiger partial charge in [0.15, 0.2) is 12.6 Å². The first kappa shape index (κ1) is 28.2. The van der Waals surface area contributed by atoms with Gasteiger partial charge in [-0.05, 0) is 38.9 Å². The van der Waals surface area contributed by atoms with Crippen LogP contribution in [0.5, 0.6) is 11.8 Å². The zero-order valence-corrected chi connectivity index (χ0v) is 24.0. The van der Waals surface area contributed by atoms with Crippen LogP contribution in [0.15, 0.2) is 49.1 Å². The third kappa shape index (κ3) is 6.05. The van der Waals surface area contributed by atoms with Crippen molar-refractivity contribution < 1.29 is 19.5 Å². The SMILES string of the molecule is C=CC(O)=[N+]1CCN(c2nc(O[C@H](C)CN(C)C)nc3c2CCN(c2cc(O)cc4ccccc24)C3)CC1CC#N. The Kier molecular flexibility index (Phi) is 8.26. The highest BCUT2D eigenvalue weighted by molar-refractivity contribution is 5.95. The fourth-order valence-corrected chi connectivity index (χ4v) is 5.92. The van der Waals surface area contributed by atoms with E-state index in [-0.39, 0.29) is 30.2 Å². The van der Waals surface area contributed by atoms with Gasteiger partial charge in [0, 0.05) is 41.9 Å². The van der Waals surface area contributed by atoms with E-state index in [0.29, 0.717) is 32.2 Å². The Morgan fingerprint density at radius 1 is 1.27 bits per heavy atom. The number of nitriles is 1. The van der Waals surface area contributed by atoms with Crippen molar-refractivity contribution in [2.75, 3.05) is 56.6 Å². The lowest BCUT2D eigenvalue weighted by Crippen LogP contribution is -2.51. The Hall–Kier alpha value is -4.36. The summed E-state index contributed by atoms with van der Waals surface area (Å²) in [6, 6.07) is 14.1. The summed E-state index contributed by atoms with van der Waals surface area (Å²) in [5.41, 5.74) is 2.92. The average molecular weight is 557 g/mol. The second-order valence-electron chi connectivity index (χ2n) is 11.0. The van der Waals surface area contributed by atoms with E-state index in [4.69, 9.17) is 14.7 Å². The van der Waals surface area contributed by atoms with Gasteiger partial charge in [-0.2, -0.15) is 19.8 Å². The lowest BCUT2D eigenvalue weighted by atomic mass is 10.0. The van der Waals surface area contributed by atoms with Crippen molar-refractivity contribution in [1.82, 2.24) is 14.9 Å². The standard InChI is InChI=1S/C31H37N7O3/c1-5-29(40)38-15-14-37(19-23(38)10-12-32)30-26-11-13-36(28-17-24(39)16-22-8-6-7-9-25(22)28)20-27(26)33-31(34-30)41-21(2)18-35(3)4/h5-9,16-17,21,23,39H,1,10-11,13-15,18-20H2,2-4H3/p+1/t21-,23?/m1/s1. The molecule has 2 N–H and O–H groups in total. The Morgan fingerprint density at radius 2 is 2.07 bits per heavy atom. The Bertz CT molecular complexity index is 1510. The maximum atomic E-state index is 10.5. The number of benzene rings is 2. The van der Waals surface area contributed by atoms with E-state index in [1.54, 1.807) is 6.07 Å². The van der Waals surface area contributed by atoms with Crippen molar-refractivity contribution in [2.45, 2.75) is 38.5 Å². The molecular weight excluding hydrogens is 518 g/mol. The molecule has 1 fully saturated rings. The Labute approximate surface area is 241 Å². The van der Waals surface area contributed by atoms with Gasteiger partial charge < -0.3 is 29.6 Å². The number of hydrogen-bond acceptors (Lipinski definition) is 8. The Morgan fingerprint density at radius 3 is 2.83 bits per heavy atom. The Balaban J connectivity index is 1.53. The van der Waals surface area contributed by atoms with Gasteiger partial charge in [0.2, 0.25) is 0 Å². The van der Waals surface area contributed by atoms with E-state index in [2.05, 4.69) is 33.4 Å². The zero-order chi connectivity index (χ0) is 29.1. The molecule has 1 aromatic heterocycles. The molecule has 0 spiro atoms. The summed E-state index contributed by atoms with van der Waals surface area (Å²) in [7, 11) is 4.00. The monoisotopic (exact) mass is 556 g/mol. The molecular formula is C31H38N7O3+. The van der Waals surface area contributed by atoms with E-state index < -0.39 is 0 Å². The van der Waals surface area contributed by atoms with Crippen LogP contribution in [0.25, 0.3) is 10.8 Å². The summed E-state index contributed by atoms with van der Waals surface area (Å²) in [5, 5.41) is 32.4. The molecule has 2 aliphatic heterocycles. The van der Waals surface area contributed by atoms with E-state index in [1.807, 2.05) is 49.9 Å². The van der Waals surface area contributed by atoms with Crippen molar-refractivity contribution in [3.8, 4) is 17.8 Å². The molecule has 0 aliphatic carbocycles. The summed E-state index contributed by atoms with van der Waals surface area (Å²) in [6.45, 7) is 9.39. The molecule has 1 unspecified atom stereocenters. The molecule has 2 aliphatic rings. The lowest BCUT2D eigenvalue weighted by molar-refractivity contribution is -0.573. The first-order valence-electron chi connectivity index (χ1n) is 14.0. The minimum absolute atomic E-state index is 0.0881. The van der Waals surface area contributed by atoms with Crippen LogP contribution < -0.4 is 14.5 Å². The highest BCUT2D eigenvalue weighted by Crippen LogP contribution is 2.36. The van der Waals surface area contributed by atoms with Gasteiger partial charge >= 0.3 is 11.9 Å². The van der Waals surface area contributed by atoms with Gasteiger partial charge in [0.1, 0.15) is 17.7 Å². The van der Waals surface area contributed by atoms with Crippen LogP contribution in [0, 0.1) is 11.3 Å². The molecule has 10 heteroatoms. The first-order valence-corrected chi connectivity index (χ1v) is 14.0. The summed E-state index contributed by atoms with van der Waals surface area (Å²) in [6.07, 6.45) is 2.29. The number of anilines is 2. The summed E-state index contributed by atoms with van der Waals surface area (Å²) >= 11 is 0. The first-order chi connectivity index (χ1) is 19.8. The third-order valence-electron chi connectivity index (χ3n) is 7.70. The van der Waals surface area contributed by atoms with E-state index in [9.17, 15) is 15.5 Å². The smallest absolute Gasteiger partial charge is 0.359 e. The molecule has 0 amide bonds. The predicted octanol–water partition coefficient (Wildman–Crippen LogP) is 3.48. The molecule has 214 valence electrons. The number of likely N-dealkylation sites (N-methyl/N-ethyl adjacent to an activating group) is 1. The van der Waals surface area contributed by atoms with Crippen molar-refractivity contribution in [2.24, 2.45) is 0 Å². The second kappa shape index (κ2) is 12.0. The number of phenols is 1. The van der Waals surface area contributed by atoms with Crippen LogP contribution in [-0.4, -0.2) is 94.5 Å². The van der Waals surface area contributed by atoms with Crippen LogP contribution >= 0.6 is 0 Å². The number of aromatic nitrogens is 2. The highest BCUT2D eigenvalue weighted by Gasteiger charge is 2.35. The molecule has 2 aromatic carbocycles. The lowest BCUT2D eigenvalue weighted by Gasteiger charge is -2.36. The molecule has 2 atom stereocenters. The number of aliphatic hydroxyl groups is 1. The highest BCUT2D eigenvalue weighted by atomic mass is 16.5. The van der Waals surface area contributed by atoms with Crippen molar-refractivity contribution in [1.29, 1.82) is 5.26 Å². The largest absolute Gasteiger partial charge is 0.508 e. The number of hydrogen-bond donors (Lipinski definition) is 2. The number of ether oxygens (including phenoxy) is 1. The molecule has 0 saturated carbocycles. The minimum Gasteiger partial charge on any atom is -0.508 e. The number of nitrogens with zero attached hydrogens (tertiary/aromatic N) is 7. The number of phenolic OH excluding ortho intramolecular Hbond substituents is 1. The molecule has 0 bridgehead atoms. The van der Waals surface area contributed by atoms with Gasteiger partial charge in [-0.15, -0.1) is 0 Å². The van der Waals surface area contributed by atoms with E-state index in [1.165, 1.54) is 6.08 Å². The molecule has 5 rings (SSSR count). The van der Waals surface area contributed by atoms with Crippen molar-refractivity contribution in [3.63, 3.8) is 0 Å². The van der Waals surface area contributed by atoms with Crippen molar-refractivity contribution in [3.05, 3.63) is 60.3 Å². The van der Waals surface area contributed by atoms with Crippen LogP contribution in [0.3, 0.4) is 0 Å². The second-order valence-corrected chi connectivity index (χ2v) is 11.0. The number of piperazine rings is 1. The number of aromatic hydroxyl groups is 1. The average Bonchev–Trinajstić information content (AvgIpc) is 2.95. The summed E-state index contributed by atoms with van der Waals surface area (Å²) in [5.74, 6) is 1.14. The number of rotatable bonds is 8. The fraction of sp³-hybridized carbons (Fsp3) is 0.419. The maximum Gasteiger partial charge on any atom is 0.359 e. The predicted molar refractivity (Wildman–Crippen MR) is 160 cm³/mol. The maximum absolute atomic E-state index is 10.5. The number of fused-ring (bicyclic) bond motifs is 2. The van der Waals surface area contributed by atoms with Gasteiger partial charge in [-0.1, -0.05) is 30.8 Å². The van der Waals surface area contributed by atoms with Gasteiger partial charge in [-0.25, -0.2) is 0 Å². The molecule has 10 nitrogen and oxygen atoms in total. The van der Waals surface area contributed by atoms with E-state index in [0.717, 1.165) is 53.0 Å². The van der Waals surface area contributed by atoms with Gasteiger partial charge in [0.05, 0.1) is 37.8 Å². The minimum atomic E-state index is -0.201. The van der Waals surface area contributed by atoms with Crippen LogP contribution in [-0.2, 0) is 13.0 Å². The summed E-state index contributed by atoms with van der Waals surface area (Å²) < 4.78 is 8.07. The molecule has 41 heavy (non-hydrogen) atoms. The molecule has 0 radical (unpaired) electrons.